The van der Waals surface area contributed by atoms with Gasteiger partial charge >= 0.3 is 6.10 Å². The first-order valence-electron chi connectivity index (χ1n) is 1.42. The van der Waals surface area contributed by atoms with Crippen LogP contribution in [0.5, 0.6) is 0 Å². The van der Waals surface area contributed by atoms with Crippen LogP contribution in [-0.4, -0.2) is 28.5 Å². The van der Waals surface area contributed by atoms with Gasteiger partial charge in [0.05, 0.1) is 0 Å². The minimum atomic E-state index is -2.71. The Morgan fingerprint density at radius 1 is 0.900 bits per heavy atom. The fourth-order valence-electron chi connectivity index (χ4n) is 0. The number of aliphatic hydroxyl groups is 3. The maximum absolute atomic E-state index is 7.83. The third kappa shape index (κ3) is 36.0. The summed E-state index contributed by atoms with van der Waals surface area (Å²) in [5, 5.41) is 25.3. The normalized spacial score (nSPS) is 7.20. The number of hydrogen-bond acceptors (Lipinski definition) is 4. The molecule has 0 amide bonds. The summed E-state index contributed by atoms with van der Waals surface area (Å²) < 4.78 is 0. The lowest BCUT2D eigenvalue weighted by atomic mass is 10.9. The van der Waals surface area contributed by atoms with Crippen LogP contribution in [0.3, 0.4) is 0 Å². The van der Waals surface area contributed by atoms with Gasteiger partial charge in [-0.2, -0.15) is 0 Å². The van der Waals surface area contributed by atoms with Crippen molar-refractivity contribution in [2.24, 2.45) is 0 Å². The molecule has 10 heavy (non-hydrogen) atoms. The first-order valence-corrected chi connectivity index (χ1v) is 1.42. The summed E-state index contributed by atoms with van der Waals surface area (Å²) in [6, 6.07) is 0. The lowest BCUT2D eigenvalue weighted by Gasteiger charge is -2.09. The predicted octanol–water partition coefficient (Wildman–Crippen LogP) is -0.519. The van der Waals surface area contributed by atoms with Crippen LogP contribution in [0.2, 0.25) is 0 Å². The summed E-state index contributed by atoms with van der Waals surface area (Å²) in [7, 11) is 1.21. The molecule has 0 aromatic heterocycles. The van der Waals surface area contributed by atoms with Gasteiger partial charge in [-0.05, 0) is 7.05 Å². The van der Waals surface area contributed by atoms with Crippen molar-refractivity contribution < 1.29 is 15.3 Å². The largest absolute Gasteiger partial charge is 0.342 e. The van der Waals surface area contributed by atoms with Crippen molar-refractivity contribution in [2.75, 3.05) is 7.05 Å². The second-order valence-corrected chi connectivity index (χ2v) is 0.885. The monoisotopic (exact) mass is 237 g/mol. The molecule has 0 fully saturated rings. The van der Waals surface area contributed by atoms with Crippen molar-refractivity contribution in [1.82, 2.24) is 5.32 Å². The minimum Gasteiger partial charge on any atom is -0.330 e. The van der Waals surface area contributed by atoms with Gasteiger partial charge in [0.15, 0.2) is 0 Å². The van der Waals surface area contributed by atoms with Crippen molar-refractivity contribution in [3.8, 4) is 0 Å². The summed E-state index contributed by atoms with van der Waals surface area (Å²) in [6.45, 7) is 0. The van der Waals surface area contributed by atoms with Crippen molar-refractivity contribution in [3.63, 3.8) is 0 Å². The van der Waals surface area contributed by atoms with Crippen LogP contribution < -0.4 is 5.32 Å². The van der Waals surface area contributed by atoms with Gasteiger partial charge in [-0.15, -0.1) is 49.6 Å². The van der Waals surface area contributed by atoms with Crippen molar-refractivity contribution in [3.05, 3.63) is 0 Å². The van der Waals surface area contributed by atoms with E-state index in [1.807, 2.05) is 0 Å². The van der Waals surface area contributed by atoms with Crippen LogP contribution in [0.4, 0.5) is 0 Å². The summed E-state index contributed by atoms with van der Waals surface area (Å²) in [5.41, 5.74) is 0. The van der Waals surface area contributed by atoms with E-state index in [0.29, 0.717) is 0 Å². The van der Waals surface area contributed by atoms with E-state index in [1.165, 1.54) is 7.05 Å². The topological polar surface area (TPSA) is 72.7 Å². The first-order chi connectivity index (χ1) is 2.56. The van der Waals surface area contributed by atoms with Gasteiger partial charge in [-0.3, -0.25) is 0 Å². The summed E-state index contributed by atoms with van der Waals surface area (Å²) in [6.07, 6.45) is -2.71. The SMILES string of the molecule is CNC(O)(O)O.Cl.Cl.Cl.Cl. The van der Waals surface area contributed by atoms with Crippen molar-refractivity contribution >= 4 is 49.6 Å². The second kappa shape index (κ2) is 12.7. The smallest absolute Gasteiger partial charge is 0.330 e. The van der Waals surface area contributed by atoms with Gasteiger partial charge in [0.2, 0.25) is 0 Å². The molecule has 0 spiro atoms. The van der Waals surface area contributed by atoms with Crippen LogP contribution in [-0.2, 0) is 0 Å². The van der Waals surface area contributed by atoms with Crippen molar-refractivity contribution in [1.29, 1.82) is 0 Å². The molecule has 0 saturated carbocycles. The van der Waals surface area contributed by atoms with E-state index in [0.717, 1.165) is 0 Å². The molecule has 0 aromatic carbocycles. The highest BCUT2D eigenvalue weighted by molar-refractivity contribution is 5.86. The number of hydrogen-bond donors (Lipinski definition) is 4. The summed E-state index contributed by atoms with van der Waals surface area (Å²) >= 11 is 0. The summed E-state index contributed by atoms with van der Waals surface area (Å²) in [4.78, 5) is 0. The van der Waals surface area contributed by atoms with E-state index in [9.17, 15) is 0 Å². The van der Waals surface area contributed by atoms with Gasteiger partial charge in [0, 0.05) is 0 Å². The predicted molar refractivity (Wildman–Crippen MR) is 47.4 cm³/mol. The van der Waals surface area contributed by atoms with Crippen LogP contribution >= 0.6 is 49.6 Å². The molecule has 0 bridgehead atoms. The maximum Gasteiger partial charge on any atom is 0.342 e. The standard InChI is InChI=1S/C2H7NO3.4ClH/c1-3-2(4,5)6;;;;/h3-6H,1H3;4*1H. The minimum absolute atomic E-state index is 0. The third-order valence-corrected chi connectivity index (χ3v) is 0.335. The van der Waals surface area contributed by atoms with Crippen molar-refractivity contribution in [2.45, 2.75) is 6.10 Å². The van der Waals surface area contributed by atoms with E-state index < -0.39 is 6.10 Å². The van der Waals surface area contributed by atoms with E-state index in [1.54, 1.807) is 5.32 Å². The lowest BCUT2D eigenvalue weighted by molar-refractivity contribution is -0.328. The summed E-state index contributed by atoms with van der Waals surface area (Å²) in [5.74, 6) is 0. The van der Waals surface area contributed by atoms with Gasteiger partial charge in [0.25, 0.3) is 0 Å². The van der Waals surface area contributed by atoms with E-state index >= 15 is 0 Å². The molecule has 0 heterocycles. The molecule has 0 aliphatic carbocycles. The zero-order chi connectivity index (χ0) is 5.21. The van der Waals surface area contributed by atoms with Crippen LogP contribution in [0.1, 0.15) is 0 Å². The molecule has 70 valence electrons. The Morgan fingerprint density at radius 2 is 1.00 bits per heavy atom. The van der Waals surface area contributed by atoms with Gasteiger partial charge in [0.1, 0.15) is 0 Å². The fraction of sp³-hybridized carbons (Fsp3) is 1.00. The molecular formula is C2H11Cl4NO3. The molecule has 0 rings (SSSR count). The average Bonchev–Trinajstić information content (AvgIpc) is 1.35. The molecule has 0 aliphatic rings. The molecule has 0 radical (unpaired) electrons. The molecule has 4 N–H and O–H groups in total. The molecule has 0 aromatic rings. The lowest BCUT2D eigenvalue weighted by Crippen LogP contribution is -2.41. The third-order valence-electron chi connectivity index (χ3n) is 0.335. The zero-order valence-electron chi connectivity index (χ0n) is 4.97. The number of halogens is 4. The Kier molecular flexibility index (Phi) is 38.7. The Labute approximate surface area is 83.6 Å². The van der Waals surface area contributed by atoms with Gasteiger partial charge < -0.3 is 15.3 Å². The van der Waals surface area contributed by atoms with E-state index in [2.05, 4.69) is 0 Å². The quantitative estimate of drug-likeness (QED) is 0.464. The molecule has 0 atom stereocenters. The highest BCUT2D eigenvalue weighted by Gasteiger charge is 2.11. The zero-order valence-corrected chi connectivity index (χ0v) is 8.24. The first kappa shape index (κ1) is 30.6. The second-order valence-electron chi connectivity index (χ2n) is 0.885. The van der Waals surface area contributed by atoms with Crippen LogP contribution in [0, 0.1) is 0 Å². The molecule has 0 unspecified atom stereocenters. The van der Waals surface area contributed by atoms with Crippen LogP contribution in [0.15, 0.2) is 0 Å². The molecular weight excluding hydrogens is 228 g/mol. The number of rotatable bonds is 1. The molecule has 0 saturated heterocycles. The Hall–Kier alpha value is 1.00. The van der Waals surface area contributed by atoms with Crippen LogP contribution in [0.25, 0.3) is 0 Å². The Balaban J connectivity index is -0.0000000208. The average molecular weight is 239 g/mol. The molecule has 4 nitrogen and oxygen atoms in total. The van der Waals surface area contributed by atoms with Gasteiger partial charge in [-0.1, -0.05) is 0 Å². The fourth-order valence-corrected chi connectivity index (χ4v) is 0. The number of nitrogens with one attached hydrogen (secondary N) is 1. The van der Waals surface area contributed by atoms with E-state index in [4.69, 9.17) is 15.3 Å². The highest BCUT2D eigenvalue weighted by Crippen LogP contribution is 1.77. The van der Waals surface area contributed by atoms with E-state index in [-0.39, 0.29) is 49.6 Å². The molecule has 8 heteroatoms. The van der Waals surface area contributed by atoms with Gasteiger partial charge in [-0.25, -0.2) is 5.32 Å². The molecule has 0 aliphatic heterocycles. The maximum atomic E-state index is 7.83. The Bertz CT molecular complexity index is 48.3. The Morgan fingerprint density at radius 3 is 1.00 bits per heavy atom. The highest BCUT2D eigenvalue weighted by atomic mass is 35.5.